The highest BCUT2D eigenvalue weighted by Gasteiger charge is 2.39. The molecule has 0 radical (unpaired) electrons. The molecule has 4 heteroatoms. The van der Waals surface area contributed by atoms with Crippen molar-refractivity contribution < 1.29 is 9.53 Å². The van der Waals surface area contributed by atoms with Gasteiger partial charge in [0.15, 0.2) is 0 Å². The number of hydrogen-bond donors (Lipinski definition) is 2. The minimum absolute atomic E-state index is 0.118. The number of methoxy groups -OCH3 is 1. The van der Waals surface area contributed by atoms with Crippen LogP contribution in [0.1, 0.15) is 26.2 Å². The standard InChI is InChI=1S/C10H20N2O2/c1-3-6-12-10(9(13)14-2)4-7-11-8-5-10/h11-12H,3-8H2,1-2H3. The van der Waals surface area contributed by atoms with E-state index in [-0.39, 0.29) is 5.97 Å². The molecule has 0 saturated carbocycles. The van der Waals surface area contributed by atoms with Gasteiger partial charge in [-0.2, -0.15) is 0 Å². The van der Waals surface area contributed by atoms with Crippen LogP contribution in [0.4, 0.5) is 0 Å². The summed E-state index contributed by atoms with van der Waals surface area (Å²) in [5.74, 6) is -0.118. The Morgan fingerprint density at radius 2 is 2.14 bits per heavy atom. The molecule has 0 aromatic carbocycles. The van der Waals surface area contributed by atoms with E-state index in [0.29, 0.717) is 0 Å². The quantitative estimate of drug-likeness (QED) is 0.640. The molecule has 1 aliphatic heterocycles. The first kappa shape index (κ1) is 11.5. The van der Waals surface area contributed by atoms with Crippen LogP contribution in [0.5, 0.6) is 0 Å². The second-order valence-corrected chi connectivity index (χ2v) is 3.75. The first-order valence-corrected chi connectivity index (χ1v) is 5.29. The van der Waals surface area contributed by atoms with Gasteiger partial charge in [0.1, 0.15) is 5.54 Å². The molecule has 0 aromatic rings. The average molecular weight is 200 g/mol. The van der Waals surface area contributed by atoms with Crippen LogP contribution in [0.3, 0.4) is 0 Å². The summed E-state index contributed by atoms with van der Waals surface area (Å²) in [6.07, 6.45) is 2.67. The molecule has 0 aromatic heterocycles. The van der Waals surface area contributed by atoms with Gasteiger partial charge in [0.05, 0.1) is 7.11 Å². The van der Waals surface area contributed by atoms with Crippen molar-refractivity contribution in [3.8, 4) is 0 Å². The lowest BCUT2D eigenvalue weighted by molar-refractivity contribution is -0.149. The topological polar surface area (TPSA) is 50.4 Å². The summed E-state index contributed by atoms with van der Waals surface area (Å²) in [7, 11) is 1.46. The highest BCUT2D eigenvalue weighted by atomic mass is 16.5. The van der Waals surface area contributed by atoms with Gasteiger partial charge in [-0.1, -0.05) is 6.92 Å². The summed E-state index contributed by atoms with van der Waals surface area (Å²) in [6.45, 7) is 4.73. The SMILES string of the molecule is CCCNC1(C(=O)OC)CCNCC1. The smallest absolute Gasteiger partial charge is 0.326 e. The first-order valence-electron chi connectivity index (χ1n) is 5.29. The van der Waals surface area contributed by atoms with Crippen LogP contribution in [0.25, 0.3) is 0 Å². The maximum absolute atomic E-state index is 11.7. The molecule has 0 bridgehead atoms. The molecule has 1 aliphatic rings. The molecular weight excluding hydrogens is 180 g/mol. The number of nitrogens with one attached hydrogen (secondary N) is 2. The van der Waals surface area contributed by atoms with Crippen molar-refractivity contribution in [3.05, 3.63) is 0 Å². The summed E-state index contributed by atoms with van der Waals surface area (Å²) < 4.78 is 4.86. The van der Waals surface area contributed by atoms with Gasteiger partial charge >= 0.3 is 5.97 Å². The summed E-state index contributed by atoms with van der Waals surface area (Å²) in [5, 5.41) is 6.57. The lowest BCUT2D eigenvalue weighted by atomic mass is 9.88. The second-order valence-electron chi connectivity index (χ2n) is 3.75. The van der Waals surface area contributed by atoms with Crippen LogP contribution < -0.4 is 10.6 Å². The van der Waals surface area contributed by atoms with Crippen molar-refractivity contribution in [3.63, 3.8) is 0 Å². The van der Waals surface area contributed by atoms with Crippen LogP contribution in [0.2, 0.25) is 0 Å². The molecule has 14 heavy (non-hydrogen) atoms. The van der Waals surface area contributed by atoms with Crippen molar-refractivity contribution >= 4 is 5.97 Å². The summed E-state index contributed by atoms with van der Waals surface area (Å²) in [6, 6.07) is 0. The molecule has 0 aliphatic carbocycles. The van der Waals surface area contributed by atoms with Crippen LogP contribution >= 0.6 is 0 Å². The molecule has 0 spiro atoms. The predicted octanol–water partition coefficient (Wildman–Crippen LogP) is 0.281. The maximum atomic E-state index is 11.7. The molecule has 0 atom stereocenters. The van der Waals surface area contributed by atoms with Crippen LogP contribution in [0, 0.1) is 0 Å². The number of hydrogen-bond acceptors (Lipinski definition) is 4. The van der Waals surface area contributed by atoms with Crippen molar-refractivity contribution in [2.75, 3.05) is 26.7 Å². The zero-order valence-corrected chi connectivity index (χ0v) is 9.06. The molecule has 0 unspecified atom stereocenters. The largest absolute Gasteiger partial charge is 0.468 e. The Kier molecular flexibility index (Phi) is 4.35. The number of esters is 1. The Morgan fingerprint density at radius 1 is 1.50 bits per heavy atom. The van der Waals surface area contributed by atoms with Crippen LogP contribution in [-0.4, -0.2) is 38.3 Å². The van der Waals surface area contributed by atoms with E-state index in [1.165, 1.54) is 7.11 Å². The van der Waals surface area contributed by atoms with Crippen molar-refractivity contribution in [1.29, 1.82) is 0 Å². The fraction of sp³-hybridized carbons (Fsp3) is 0.900. The van der Waals surface area contributed by atoms with Gasteiger partial charge in [0.2, 0.25) is 0 Å². The van der Waals surface area contributed by atoms with E-state index < -0.39 is 5.54 Å². The normalized spacial score (nSPS) is 20.4. The van der Waals surface area contributed by atoms with Gasteiger partial charge in [0.25, 0.3) is 0 Å². The van der Waals surface area contributed by atoms with E-state index in [2.05, 4.69) is 17.6 Å². The van der Waals surface area contributed by atoms with Gasteiger partial charge in [-0.15, -0.1) is 0 Å². The summed E-state index contributed by atoms with van der Waals surface area (Å²) in [5.41, 5.74) is -0.435. The van der Waals surface area contributed by atoms with Crippen LogP contribution in [0.15, 0.2) is 0 Å². The number of carbonyl (C=O) groups excluding carboxylic acids is 1. The summed E-state index contributed by atoms with van der Waals surface area (Å²) in [4.78, 5) is 11.7. The lowest BCUT2D eigenvalue weighted by Gasteiger charge is -2.35. The van der Waals surface area contributed by atoms with E-state index in [1.807, 2.05) is 0 Å². The van der Waals surface area contributed by atoms with Crippen molar-refractivity contribution in [1.82, 2.24) is 10.6 Å². The monoisotopic (exact) mass is 200 g/mol. The Hall–Kier alpha value is -0.610. The minimum atomic E-state index is -0.435. The first-order chi connectivity index (χ1) is 6.75. The van der Waals surface area contributed by atoms with Crippen molar-refractivity contribution in [2.24, 2.45) is 0 Å². The van der Waals surface area contributed by atoms with E-state index in [0.717, 1.165) is 38.9 Å². The Bertz CT molecular complexity index is 189. The highest BCUT2D eigenvalue weighted by molar-refractivity contribution is 5.81. The Balaban J connectivity index is 2.61. The Morgan fingerprint density at radius 3 is 2.64 bits per heavy atom. The molecule has 1 saturated heterocycles. The molecule has 1 fully saturated rings. The Labute approximate surface area is 85.4 Å². The van der Waals surface area contributed by atoms with Gasteiger partial charge in [-0.3, -0.25) is 4.79 Å². The molecule has 1 rings (SSSR count). The molecule has 82 valence electrons. The number of ether oxygens (including phenoxy) is 1. The summed E-state index contributed by atoms with van der Waals surface area (Å²) >= 11 is 0. The molecule has 0 amide bonds. The molecular formula is C10H20N2O2. The molecule has 4 nitrogen and oxygen atoms in total. The average Bonchev–Trinajstić information content (AvgIpc) is 2.26. The van der Waals surface area contributed by atoms with Gasteiger partial charge in [0, 0.05) is 0 Å². The second kappa shape index (κ2) is 5.32. The van der Waals surface area contributed by atoms with E-state index in [4.69, 9.17) is 4.74 Å². The van der Waals surface area contributed by atoms with Gasteiger partial charge in [-0.25, -0.2) is 0 Å². The molecule has 1 heterocycles. The number of piperidine rings is 1. The third-order valence-electron chi connectivity index (χ3n) is 2.75. The predicted molar refractivity (Wildman–Crippen MR) is 55.1 cm³/mol. The van der Waals surface area contributed by atoms with E-state index >= 15 is 0 Å². The zero-order chi connectivity index (χ0) is 10.4. The van der Waals surface area contributed by atoms with Crippen molar-refractivity contribution in [2.45, 2.75) is 31.7 Å². The number of carbonyl (C=O) groups is 1. The highest BCUT2D eigenvalue weighted by Crippen LogP contribution is 2.19. The fourth-order valence-corrected chi connectivity index (χ4v) is 1.87. The molecule has 2 N–H and O–H groups in total. The van der Waals surface area contributed by atoms with Crippen LogP contribution in [-0.2, 0) is 9.53 Å². The van der Waals surface area contributed by atoms with Gasteiger partial charge < -0.3 is 15.4 Å². The van der Waals surface area contributed by atoms with E-state index in [9.17, 15) is 4.79 Å². The minimum Gasteiger partial charge on any atom is -0.468 e. The fourth-order valence-electron chi connectivity index (χ4n) is 1.87. The lowest BCUT2D eigenvalue weighted by Crippen LogP contribution is -2.58. The third-order valence-corrected chi connectivity index (χ3v) is 2.75. The third kappa shape index (κ3) is 2.45. The maximum Gasteiger partial charge on any atom is 0.326 e. The van der Waals surface area contributed by atoms with E-state index in [1.54, 1.807) is 0 Å². The number of rotatable bonds is 4. The van der Waals surface area contributed by atoms with Gasteiger partial charge in [-0.05, 0) is 38.9 Å². The zero-order valence-electron chi connectivity index (χ0n) is 9.06.